The molecular formula is C25H22ClN3O2. The summed E-state index contributed by atoms with van der Waals surface area (Å²) in [5.74, 6) is 0.343. The van der Waals surface area contributed by atoms with Crippen molar-refractivity contribution in [3.63, 3.8) is 0 Å². The average Bonchev–Trinajstić information content (AvgIpc) is 3.05. The van der Waals surface area contributed by atoms with Crippen molar-refractivity contribution in [3.8, 4) is 11.4 Å². The first-order valence-corrected chi connectivity index (χ1v) is 10.3. The molecule has 0 aliphatic carbocycles. The van der Waals surface area contributed by atoms with Gasteiger partial charge in [0.2, 0.25) is 0 Å². The maximum Gasteiger partial charge on any atom is 0.277 e. The van der Waals surface area contributed by atoms with Crippen LogP contribution in [0.25, 0.3) is 16.5 Å². The van der Waals surface area contributed by atoms with Crippen LogP contribution in [0.2, 0.25) is 5.02 Å². The first kappa shape index (κ1) is 20.7. The molecule has 0 aliphatic heterocycles. The van der Waals surface area contributed by atoms with Crippen molar-refractivity contribution in [1.29, 1.82) is 0 Å². The van der Waals surface area contributed by atoms with E-state index in [0.717, 1.165) is 33.4 Å². The Morgan fingerprint density at radius 2 is 1.84 bits per heavy atom. The van der Waals surface area contributed by atoms with Gasteiger partial charge in [-0.1, -0.05) is 54.1 Å². The van der Waals surface area contributed by atoms with Crippen molar-refractivity contribution < 1.29 is 9.53 Å². The first-order valence-electron chi connectivity index (χ1n) is 9.90. The van der Waals surface area contributed by atoms with Crippen molar-refractivity contribution in [2.75, 3.05) is 6.61 Å². The summed E-state index contributed by atoms with van der Waals surface area (Å²) >= 11 is 6.13. The Balaban J connectivity index is 1.41. The zero-order chi connectivity index (χ0) is 21.8. The molecular weight excluding hydrogens is 410 g/mol. The van der Waals surface area contributed by atoms with Gasteiger partial charge in [-0.05, 0) is 49.6 Å². The van der Waals surface area contributed by atoms with Gasteiger partial charge in [-0.2, -0.15) is 5.10 Å². The van der Waals surface area contributed by atoms with Gasteiger partial charge in [0, 0.05) is 33.0 Å². The molecule has 0 aliphatic rings. The van der Waals surface area contributed by atoms with E-state index in [0.29, 0.717) is 10.8 Å². The van der Waals surface area contributed by atoms with Crippen LogP contribution in [0.1, 0.15) is 17.0 Å². The number of halogens is 1. The topological polar surface area (TPSA) is 55.6 Å². The smallest absolute Gasteiger partial charge is 0.277 e. The largest absolute Gasteiger partial charge is 0.483 e. The summed E-state index contributed by atoms with van der Waals surface area (Å²) in [7, 11) is 0. The van der Waals surface area contributed by atoms with Crippen LogP contribution in [-0.4, -0.2) is 23.3 Å². The maximum absolute atomic E-state index is 12.2. The number of aromatic nitrogens is 1. The Hall–Kier alpha value is -3.57. The summed E-state index contributed by atoms with van der Waals surface area (Å²) in [6.45, 7) is 3.90. The second-order valence-corrected chi connectivity index (χ2v) is 7.64. The zero-order valence-electron chi connectivity index (χ0n) is 17.3. The van der Waals surface area contributed by atoms with Gasteiger partial charge in [0.05, 0.1) is 6.21 Å². The molecule has 0 atom stereocenters. The number of hydrogen-bond donors (Lipinski definition) is 1. The standard InChI is InChI=1S/C25H22ClN3O2/c1-17-13-20(18(2)29(17)22-10-6-9-21(26)14-22)15-27-28-25(30)16-31-24-12-5-8-19-7-3-4-11-23(19)24/h3-15H,16H2,1-2H3,(H,28,30)/b27-15+. The van der Waals surface area contributed by atoms with Crippen LogP contribution in [0.3, 0.4) is 0 Å². The van der Waals surface area contributed by atoms with E-state index in [1.165, 1.54) is 0 Å². The predicted octanol–water partition coefficient (Wildman–Crippen LogP) is 5.43. The third-order valence-electron chi connectivity index (χ3n) is 5.04. The van der Waals surface area contributed by atoms with E-state index in [9.17, 15) is 4.79 Å². The minimum absolute atomic E-state index is 0.118. The highest BCUT2D eigenvalue weighted by Crippen LogP contribution is 2.25. The lowest BCUT2D eigenvalue weighted by molar-refractivity contribution is -0.123. The van der Waals surface area contributed by atoms with Gasteiger partial charge < -0.3 is 9.30 Å². The molecule has 0 radical (unpaired) electrons. The molecule has 1 N–H and O–H groups in total. The molecule has 1 aromatic heterocycles. The van der Waals surface area contributed by atoms with Crippen molar-refractivity contribution >= 4 is 34.5 Å². The minimum Gasteiger partial charge on any atom is -0.483 e. The molecule has 156 valence electrons. The quantitative estimate of drug-likeness (QED) is 0.327. The minimum atomic E-state index is -0.326. The maximum atomic E-state index is 12.2. The summed E-state index contributed by atoms with van der Waals surface area (Å²) in [5, 5.41) is 6.81. The Kier molecular flexibility index (Phi) is 6.05. The Morgan fingerprint density at radius 1 is 1.06 bits per heavy atom. The summed E-state index contributed by atoms with van der Waals surface area (Å²) in [6, 6.07) is 23.3. The third kappa shape index (κ3) is 4.62. The number of aryl methyl sites for hydroxylation is 1. The Labute approximate surface area is 185 Å². The average molecular weight is 432 g/mol. The number of carbonyl (C=O) groups is 1. The Morgan fingerprint density at radius 3 is 2.68 bits per heavy atom. The Bertz CT molecular complexity index is 1270. The molecule has 4 rings (SSSR count). The monoisotopic (exact) mass is 431 g/mol. The van der Waals surface area contributed by atoms with Crippen molar-refractivity contribution in [1.82, 2.24) is 9.99 Å². The highest BCUT2D eigenvalue weighted by molar-refractivity contribution is 6.30. The van der Waals surface area contributed by atoms with Gasteiger partial charge >= 0.3 is 0 Å². The molecule has 0 saturated heterocycles. The lowest BCUT2D eigenvalue weighted by Crippen LogP contribution is -2.24. The van der Waals surface area contributed by atoms with Crippen molar-refractivity contribution in [2.45, 2.75) is 13.8 Å². The molecule has 0 unspecified atom stereocenters. The molecule has 3 aromatic carbocycles. The highest BCUT2D eigenvalue weighted by atomic mass is 35.5. The molecule has 31 heavy (non-hydrogen) atoms. The fourth-order valence-electron chi connectivity index (χ4n) is 3.60. The SMILES string of the molecule is Cc1cc(/C=N/NC(=O)COc2cccc3ccccc23)c(C)n1-c1cccc(Cl)c1. The second kappa shape index (κ2) is 9.06. The summed E-state index contributed by atoms with van der Waals surface area (Å²) < 4.78 is 7.79. The first-order chi connectivity index (χ1) is 15.0. The lowest BCUT2D eigenvalue weighted by Gasteiger charge is -2.09. The number of ether oxygens (including phenoxy) is 1. The molecule has 1 amide bonds. The van der Waals surface area contributed by atoms with Crippen LogP contribution >= 0.6 is 11.6 Å². The fraction of sp³-hybridized carbons (Fsp3) is 0.120. The zero-order valence-corrected chi connectivity index (χ0v) is 18.1. The van der Waals surface area contributed by atoms with E-state index in [4.69, 9.17) is 16.3 Å². The van der Waals surface area contributed by atoms with E-state index in [1.807, 2.05) is 86.6 Å². The number of nitrogens with zero attached hydrogens (tertiary/aromatic N) is 2. The summed E-state index contributed by atoms with van der Waals surface area (Å²) in [5.41, 5.74) is 6.47. The molecule has 0 fully saturated rings. The van der Waals surface area contributed by atoms with Crippen LogP contribution in [0, 0.1) is 13.8 Å². The number of hydrazone groups is 1. The summed E-state index contributed by atoms with van der Waals surface area (Å²) in [4.78, 5) is 12.2. The third-order valence-corrected chi connectivity index (χ3v) is 5.27. The molecule has 5 nitrogen and oxygen atoms in total. The number of fused-ring (bicyclic) bond motifs is 1. The van der Waals surface area contributed by atoms with Crippen LogP contribution < -0.4 is 10.2 Å². The molecule has 1 heterocycles. The van der Waals surface area contributed by atoms with E-state index in [1.54, 1.807) is 6.21 Å². The molecule has 4 aromatic rings. The highest BCUT2D eigenvalue weighted by Gasteiger charge is 2.10. The van der Waals surface area contributed by atoms with Crippen LogP contribution in [-0.2, 0) is 4.79 Å². The lowest BCUT2D eigenvalue weighted by atomic mass is 10.1. The number of hydrogen-bond acceptors (Lipinski definition) is 3. The van der Waals surface area contributed by atoms with E-state index < -0.39 is 0 Å². The van der Waals surface area contributed by atoms with Crippen molar-refractivity contribution in [3.05, 3.63) is 94.8 Å². The van der Waals surface area contributed by atoms with Crippen LogP contribution in [0.15, 0.2) is 77.9 Å². The van der Waals surface area contributed by atoms with E-state index in [-0.39, 0.29) is 12.5 Å². The van der Waals surface area contributed by atoms with Gasteiger partial charge in [0.1, 0.15) is 5.75 Å². The van der Waals surface area contributed by atoms with Gasteiger partial charge in [-0.15, -0.1) is 0 Å². The van der Waals surface area contributed by atoms with Gasteiger partial charge in [-0.3, -0.25) is 4.79 Å². The summed E-state index contributed by atoms with van der Waals surface area (Å²) in [6.07, 6.45) is 1.64. The van der Waals surface area contributed by atoms with Crippen LogP contribution in [0.5, 0.6) is 5.75 Å². The van der Waals surface area contributed by atoms with Gasteiger partial charge in [0.25, 0.3) is 5.91 Å². The van der Waals surface area contributed by atoms with Crippen LogP contribution in [0.4, 0.5) is 0 Å². The number of carbonyl (C=O) groups excluding carboxylic acids is 1. The fourth-order valence-corrected chi connectivity index (χ4v) is 3.79. The van der Waals surface area contributed by atoms with Gasteiger partial charge in [0.15, 0.2) is 6.61 Å². The van der Waals surface area contributed by atoms with E-state index in [2.05, 4.69) is 15.1 Å². The number of rotatable bonds is 6. The number of amides is 1. The number of nitrogens with one attached hydrogen (secondary N) is 1. The number of benzene rings is 3. The van der Waals surface area contributed by atoms with E-state index >= 15 is 0 Å². The second-order valence-electron chi connectivity index (χ2n) is 7.20. The normalized spacial score (nSPS) is 11.2. The molecule has 0 spiro atoms. The molecule has 6 heteroatoms. The van der Waals surface area contributed by atoms with Gasteiger partial charge in [-0.25, -0.2) is 5.43 Å². The molecule has 0 saturated carbocycles. The molecule has 0 bridgehead atoms. The van der Waals surface area contributed by atoms with Crippen molar-refractivity contribution in [2.24, 2.45) is 5.10 Å². The predicted molar refractivity (Wildman–Crippen MR) is 125 cm³/mol.